The second-order valence-electron chi connectivity index (χ2n) is 6.89. The maximum Gasteiger partial charge on any atom is 0.0338 e. The van der Waals surface area contributed by atoms with Crippen molar-refractivity contribution in [1.82, 2.24) is 4.90 Å². The molecule has 18 heavy (non-hydrogen) atoms. The third-order valence-corrected chi connectivity index (χ3v) is 5.23. The van der Waals surface area contributed by atoms with Gasteiger partial charge in [0, 0.05) is 12.1 Å². The molecule has 0 aromatic heterocycles. The highest BCUT2D eigenvalue weighted by Crippen LogP contribution is 2.55. The van der Waals surface area contributed by atoms with E-state index in [0.29, 0.717) is 12.1 Å². The number of rotatable bonds is 5. The minimum Gasteiger partial charge on any atom is -0.327 e. The number of hydrogen-bond donors (Lipinski definition) is 1. The Bertz CT molecular complexity index is 310. The highest BCUT2D eigenvalue weighted by Gasteiger charge is 2.52. The van der Waals surface area contributed by atoms with Crippen LogP contribution in [0.25, 0.3) is 0 Å². The van der Waals surface area contributed by atoms with Gasteiger partial charge in [0.15, 0.2) is 0 Å². The van der Waals surface area contributed by atoms with E-state index >= 15 is 0 Å². The fourth-order valence-electron chi connectivity index (χ4n) is 4.16. The fraction of sp³-hybridized carbons (Fsp3) is 0.875. The van der Waals surface area contributed by atoms with Crippen molar-refractivity contribution in [1.29, 1.82) is 0 Å². The van der Waals surface area contributed by atoms with E-state index in [0.717, 1.165) is 30.2 Å². The third-order valence-electron chi connectivity index (χ3n) is 5.23. The monoisotopic (exact) mass is 250 g/mol. The van der Waals surface area contributed by atoms with Crippen LogP contribution in [0, 0.1) is 23.7 Å². The Labute approximate surface area is 113 Å². The smallest absolute Gasteiger partial charge is 0.0338 e. The maximum atomic E-state index is 6.39. The molecule has 0 spiro atoms. The number of fused-ring (bicyclic) bond motifs is 1. The molecule has 0 aromatic rings. The molecule has 0 bridgehead atoms. The molecule has 2 saturated carbocycles. The average Bonchev–Trinajstić information content (AvgIpc) is 2.68. The van der Waals surface area contributed by atoms with Gasteiger partial charge >= 0.3 is 0 Å². The molecule has 2 rings (SSSR count). The minimum absolute atomic E-state index is 0.399. The van der Waals surface area contributed by atoms with Crippen LogP contribution in [-0.2, 0) is 0 Å². The molecule has 2 fully saturated rings. The molecule has 0 saturated heterocycles. The van der Waals surface area contributed by atoms with Crippen LogP contribution in [0.15, 0.2) is 12.2 Å². The molecule has 5 atom stereocenters. The largest absolute Gasteiger partial charge is 0.327 e. The van der Waals surface area contributed by atoms with Gasteiger partial charge in [0.05, 0.1) is 0 Å². The summed E-state index contributed by atoms with van der Waals surface area (Å²) in [5.74, 6) is 3.06. The van der Waals surface area contributed by atoms with Gasteiger partial charge in [-0.1, -0.05) is 32.9 Å². The van der Waals surface area contributed by atoms with Crippen LogP contribution in [0.1, 0.15) is 40.0 Å². The molecule has 0 aromatic carbocycles. The summed E-state index contributed by atoms with van der Waals surface area (Å²) in [6, 6.07) is 1.03. The zero-order valence-electron chi connectivity index (χ0n) is 12.5. The van der Waals surface area contributed by atoms with Crippen molar-refractivity contribution < 1.29 is 0 Å². The quantitative estimate of drug-likeness (QED) is 0.760. The highest BCUT2D eigenvalue weighted by atomic mass is 15.1. The van der Waals surface area contributed by atoms with E-state index in [2.05, 4.69) is 39.3 Å². The van der Waals surface area contributed by atoms with Gasteiger partial charge in [-0.25, -0.2) is 0 Å². The van der Waals surface area contributed by atoms with Crippen molar-refractivity contribution in [2.45, 2.75) is 52.1 Å². The number of nitrogens with two attached hydrogens (primary N) is 1. The molecule has 2 nitrogen and oxygen atoms in total. The molecule has 5 unspecified atom stereocenters. The Morgan fingerprint density at radius 1 is 1.39 bits per heavy atom. The lowest BCUT2D eigenvalue weighted by atomic mass is 9.67. The van der Waals surface area contributed by atoms with Gasteiger partial charge in [0.2, 0.25) is 0 Å². The van der Waals surface area contributed by atoms with E-state index in [1.165, 1.54) is 24.8 Å². The molecule has 0 heterocycles. The Hall–Kier alpha value is -0.340. The third kappa shape index (κ3) is 2.37. The van der Waals surface area contributed by atoms with Crippen LogP contribution in [-0.4, -0.2) is 30.6 Å². The van der Waals surface area contributed by atoms with Gasteiger partial charge in [0.1, 0.15) is 0 Å². The summed E-state index contributed by atoms with van der Waals surface area (Å²) in [4.78, 5) is 2.46. The van der Waals surface area contributed by atoms with Gasteiger partial charge in [-0.15, -0.1) is 0 Å². The van der Waals surface area contributed by atoms with Gasteiger partial charge in [-0.05, 0) is 56.5 Å². The first-order valence-electron chi connectivity index (χ1n) is 7.60. The minimum atomic E-state index is 0.399. The first-order chi connectivity index (χ1) is 8.45. The summed E-state index contributed by atoms with van der Waals surface area (Å²) in [5, 5.41) is 0. The molecule has 0 amide bonds. The molecule has 2 aliphatic rings. The van der Waals surface area contributed by atoms with Crippen molar-refractivity contribution in [3.63, 3.8) is 0 Å². The molecule has 0 radical (unpaired) electrons. The van der Waals surface area contributed by atoms with Crippen LogP contribution in [0.5, 0.6) is 0 Å². The van der Waals surface area contributed by atoms with Crippen molar-refractivity contribution in [3.05, 3.63) is 12.2 Å². The van der Waals surface area contributed by atoms with Gasteiger partial charge < -0.3 is 5.73 Å². The first-order valence-corrected chi connectivity index (χ1v) is 7.60. The average molecular weight is 250 g/mol. The Morgan fingerprint density at radius 2 is 2.06 bits per heavy atom. The van der Waals surface area contributed by atoms with Crippen molar-refractivity contribution in [2.24, 2.45) is 29.4 Å². The van der Waals surface area contributed by atoms with Crippen LogP contribution in [0.2, 0.25) is 0 Å². The molecular weight excluding hydrogens is 220 g/mol. The second-order valence-corrected chi connectivity index (χ2v) is 6.89. The Balaban J connectivity index is 1.94. The van der Waals surface area contributed by atoms with Crippen LogP contribution in [0.4, 0.5) is 0 Å². The molecule has 2 heteroatoms. The summed E-state index contributed by atoms with van der Waals surface area (Å²) in [6.07, 6.45) is 3.79. The predicted molar refractivity (Wildman–Crippen MR) is 78.4 cm³/mol. The standard InChI is InChI=1S/C16H30N2/c1-6-18(5)16-11(4)13-8-12(9-14(13)16)15(17)7-10(2)3/h10,12-16H,4,6-9,17H2,1-3,5H3. The lowest BCUT2D eigenvalue weighted by Gasteiger charge is -2.48. The summed E-state index contributed by atoms with van der Waals surface area (Å²) >= 11 is 0. The first kappa shape index (κ1) is 14.1. The van der Waals surface area contributed by atoms with E-state index in [1.807, 2.05) is 0 Å². The zero-order chi connectivity index (χ0) is 13.4. The number of likely N-dealkylation sites (N-methyl/N-ethyl adjacent to an activating group) is 1. The van der Waals surface area contributed by atoms with Crippen molar-refractivity contribution >= 4 is 0 Å². The van der Waals surface area contributed by atoms with Gasteiger partial charge in [-0.3, -0.25) is 4.90 Å². The molecule has 2 aliphatic carbocycles. The van der Waals surface area contributed by atoms with Gasteiger partial charge in [-0.2, -0.15) is 0 Å². The zero-order valence-corrected chi connectivity index (χ0v) is 12.5. The highest BCUT2D eigenvalue weighted by molar-refractivity contribution is 5.28. The lowest BCUT2D eigenvalue weighted by Crippen LogP contribution is -2.50. The molecule has 2 N–H and O–H groups in total. The molecule has 104 valence electrons. The van der Waals surface area contributed by atoms with Crippen molar-refractivity contribution in [3.8, 4) is 0 Å². The predicted octanol–water partition coefficient (Wildman–Crippen LogP) is 2.89. The van der Waals surface area contributed by atoms with Crippen LogP contribution >= 0.6 is 0 Å². The summed E-state index contributed by atoms with van der Waals surface area (Å²) in [5.41, 5.74) is 7.86. The van der Waals surface area contributed by atoms with Crippen molar-refractivity contribution in [2.75, 3.05) is 13.6 Å². The van der Waals surface area contributed by atoms with Crippen LogP contribution < -0.4 is 5.73 Å². The van der Waals surface area contributed by atoms with E-state index < -0.39 is 0 Å². The Morgan fingerprint density at radius 3 is 2.61 bits per heavy atom. The molecule has 0 aliphatic heterocycles. The Kier molecular flexibility index (Phi) is 4.18. The summed E-state index contributed by atoms with van der Waals surface area (Å²) < 4.78 is 0. The number of hydrogen-bond acceptors (Lipinski definition) is 2. The van der Waals surface area contributed by atoms with Gasteiger partial charge in [0.25, 0.3) is 0 Å². The maximum absolute atomic E-state index is 6.39. The SMILES string of the molecule is C=C1C2CC(C(N)CC(C)C)CC2C1N(C)CC. The van der Waals surface area contributed by atoms with Crippen LogP contribution in [0.3, 0.4) is 0 Å². The summed E-state index contributed by atoms with van der Waals surface area (Å²) in [7, 11) is 2.23. The summed E-state index contributed by atoms with van der Waals surface area (Å²) in [6.45, 7) is 12.2. The van der Waals surface area contributed by atoms with E-state index in [9.17, 15) is 0 Å². The molecular formula is C16H30N2. The van der Waals surface area contributed by atoms with E-state index in [1.54, 1.807) is 0 Å². The topological polar surface area (TPSA) is 29.3 Å². The number of nitrogens with zero attached hydrogens (tertiary/aromatic N) is 1. The normalized spacial score (nSPS) is 36.9. The van der Waals surface area contributed by atoms with E-state index in [4.69, 9.17) is 5.73 Å². The fourth-order valence-corrected chi connectivity index (χ4v) is 4.16. The van der Waals surface area contributed by atoms with E-state index in [-0.39, 0.29) is 0 Å². The second kappa shape index (κ2) is 5.34. The lowest BCUT2D eigenvalue weighted by molar-refractivity contribution is 0.117.